The summed E-state index contributed by atoms with van der Waals surface area (Å²) in [7, 11) is 1.49. The summed E-state index contributed by atoms with van der Waals surface area (Å²) >= 11 is 0. The van der Waals surface area contributed by atoms with Gasteiger partial charge in [-0.25, -0.2) is 5.48 Å². The number of alkyl halides is 3. The molecule has 0 spiro atoms. The lowest BCUT2D eigenvalue weighted by Gasteiger charge is -2.07. The Hall–Kier alpha value is -0.820. The van der Waals surface area contributed by atoms with Crippen LogP contribution in [-0.2, 0) is 9.63 Å². The number of hydrogen-bond donors (Lipinski definition) is 2. The minimum atomic E-state index is -4.42. The lowest BCUT2D eigenvalue weighted by molar-refractivity contribution is -0.191. The van der Waals surface area contributed by atoms with Crippen LogP contribution in [0.25, 0.3) is 0 Å². The van der Waals surface area contributed by atoms with E-state index in [0.29, 0.717) is 0 Å². The van der Waals surface area contributed by atoms with Crippen LogP contribution in [0.2, 0.25) is 0 Å². The first-order valence-electron chi connectivity index (χ1n) is 3.07. The van der Waals surface area contributed by atoms with Crippen molar-refractivity contribution in [3.8, 4) is 0 Å². The lowest BCUT2D eigenvalue weighted by atomic mass is 10.6. The summed E-state index contributed by atoms with van der Waals surface area (Å²) in [6.45, 7) is -1.57. The van der Waals surface area contributed by atoms with Gasteiger partial charge in [-0.2, -0.15) is 13.2 Å². The van der Waals surface area contributed by atoms with Gasteiger partial charge in [0, 0.05) is 0 Å². The first kappa shape index (κ1) is 11.2. The van der Waals surface area contributed by atoms with Crippen molar-refractivity contribution in [1.82, 2.24) is 10.8 Å². The second-order valence-electron chi connectivity index (χ2n) is 1.96. The maximum Gasteiger partial charge on any atom is 0.414 e. The zero-order chi connectivity index (χ0) is 9.61. The standard InChI is InChI=1S/C5H9F3N2O2/c1-9-2-4(11)10-12-3-5(6,7)8/h9H,2-3H2,1H3,(H,10,11). The van der Waals surface area contributed by atoms with E-state index in [2.05, 4.69) is 10.2 Å². The van der Waals surface area contributed by atoms with Crippen LogP contribution in [0.1, 0.15) is 0 Å². The number of nitrogens with one attached hydrogen (secondary N) is 2. The van der Waals surface area contributed by atoms with Gasteiger partial charge < -0.3 is 5.32 Å². The highest BCUT2D eigenvalue weighted by Crippen LogP contribution is 2.13. The Bertz CT molecular complexity index is 148. The number of amides is 1. The molecule has 0 aromatic rings. The van der Waals surface area contributed by atoms with E-state index in [9.17, 15) is 18.0 Å². The van der Waals surface area contributed by atoms with Gasteiger partial charge in [0.15, 0.2) is 6.61 Å². The molecule has 0 aromatic heterocycles. The quantitative estimate of drug-likeness (QED) is 0.598. The third kappa shape index (κ3) is 7.29. The molecule has 0 unspecified atom stereocenters. The third-order valence-electron chi connectivity index (χ3n) is 0.759. The molecule has 0 heterocycles. The summed E-state index contributed by atoms with van der Waals surface area (Å²) in [4.78, 5) is 14.3. The van der Waals surface area contributed by atoms with E-state index in [0.717, 1.165) is 0 Å². The molecule has 72 valence electrons. The molecule has 2 N–H and O–H groups in total. The molecule has 4 nitrogen and oxygen atoms in total. The number of rotatable bonds is 4. The van der Waals surface area contributed by atoms with E-state index >= 15 is 0 Å². The van der Waals surface area contributed by atoms with Gasteiger partial charge in [-0.3, -0.25) is 9.63 Å². The summed E-state index contributed by atoms with van der Waals surface area (Å²) in [5.74, 6) is -0.651. The number of hydrogen-bond acceptors (Lipinski definition) is 3. The van der Waals surface area contributed by atoms with E-state index in [1.165, 1.54) is 7.05 Å². The molecule has 0 saturated heterocycles. The second kappa shape index (κ2) is 4.94. The van der Waals surface area contributed by atoms with Crippen LogP contribution in [0.15, 0.2) is 0 Å². The van der Waals surface area contributed by atoms with Crippen molar-refractivity contribution in [1.29, 1.82) is 0 Å². The Kier molecular flexibility index (Phi) is 4.60. The predicted octanol–water partition coefficient (Wildman–Crippen LogP) is -0.184. The molecule has 0 saturated carbocycles. The Balaban J connectivity index is 3.37. The minimum Gasteiger partial charge on any atom is -0.311 e. The number of halogens is 3. The third-order valence-corrected chi connectivity index (χ3v) is 0.759. The molecule has 12 heavy (non-hydrogen) atoms. The normalized spacial score (nSPS) is 11.3. The zero-order valence-electron chi connectivity index (χ0n) is 6.36. The van der Waals surface area contributed by atoms with Crippen LogP contribution >= 0.6 is 0 Å². The van der Waals surface area contributed by atoms with E-state index in [1.54, 1.807) is 5.48 Å². The van der Waals surface area contributed by atoms with Crippen molar-refractivity contribution >= 4 is 5.91 Å². The Morgan fingerprint density at radius 3 is 2.50 bits per heavy atom. The highest BCUT2D eigenvalue weighted by atomic mass is 19.4. The van der Waals surface area contributed by atoms with Gasteiger partial charge in [0.2, 0.25) is 0 Å². The molecule has 0 rings (SSSR count). The van der Waals surface area contributed by atoms with Crippen molar-refractivity contribution < 1.29 is 22.8 Å². The fourth-order valence-electron chi connectivity index (χ4n) is 0.395. The summed E-state index contributed by atoms with van der Waals surface area (Å²) < 4.78 is 34.2. The van der Waals surface area contributed by atoms with Gasteiger partial charge in [0.25, 0.3) is 5.91 Å². The Morgan fingerprint density at radius 1 is 1.50 bits per heavy atom. The van der Waals surface area contributed by atoms with Crippen LogP contribution in [0, 0.1) is 0 Å². The predicted molar refractivity (Wildman–Crippen MR) is 34.1 cm³/mol. The lowest BCUT2D eigenvalue weighted by Crippen LogP contribution is -2.34. The maximum absolute atomic E-state index is 11.4. The first-order valence-corrected chi connectivity index (χ1v) is 3.07. The van der Waals surface area contributed by atoms with Crippen molar-refractivity contribution in [2.75, 3.05) is 20.2 Å². The minimum absolute atomic E-state index is 0.0855. The van der Waals surface area contributed by atoms with E-state index < -0.39 is 18.7 Å². The molecule has 0 aliphatic carbocycles. The van der Waals surface area contributed by atoms with Crippen LogP contribution in [0.5, 0.6) is 0 Å². The zero-order valence-corrected chi connectivity index (χ0v) is 6.36. The number of carbonyl (C=O) groups is 1. The molecule has 0 radical (unpaired) electrons. The SMILES string of the molecule is CNCC(=O)NOCC(F)(F)F. The fourth-order valence-corrected chi connectivity index (χ4v) is 0.395. The number of likely N-dealkylation sites (N-methyl/N-ethyl adjacent to an activating group) is 1. The Morgan fingerprint density at radius 2 is 2.08 bits per heavy atom. The van der Waals surface area contributed by atoms with Crippen LogP contribution in [-0.4, -0.2) is 32.3 Å². The molecule has 0 atom stereocenters. The van der Waals surface area contributed by atoms with Crippen molar-refractivity contribution in [2.24, 2.45) is 0 Å². The molecular formula is C5H9F3N2O2. The fraction of sp³-hybridized carbons (Fsp3) is 0.800. The Labute approximate surface area is 67.0 Å². The topological polar surface area (TPSA) is 50.4 Å². The molecular weight excluding hydrogens is 177 g/mol. The van der Waals surface area contributed by atoms with Crippen LogP contribution in [0.3, 0.4) is 0 Å². The highest BCUT2D eigenvalue weighted by molar-refractivity contribution is 5.76. The molecule has 0 bridgehead atoms. The largest absolute Gasteiger partial charge is 0.414 e. The van der Waals surface area contributed by atoms with Crippen molar-refractivity contribution in [3.05, 3.63) is 0 Å². The van der Waals surface area contributed by atoms with E-state index in [1.807, 2.05) is 0 Å². The molecule has 1 amide bonds. The van der Waals surface area contributed by atoms with Crippen molar-refractivity contribution in [3.63, 3.8) is 0 Å². The average Bonchev–Trinajstić information content (AvgIpc) is 1.84. The van der Waals surface area contributed by atoms with Crippen molar-refractivity contribution in [2.45, 2.75) is 6.18 Å². The maximum atomic E-state index is 11.4. The van der Waals surface area contributed by atoms with Crippen LogP contribution < -0.4 is 10.8 Å². The van der Waals surface area contributed by atoms with Gasteiger partial charge >= 0.3 is 6.18 Å². The van der Waals surface area contributed by atoms with Gasteiger partial charge in [-0.15, -0.1) is 0 Å². The summed E-state index contributed by atoms with van der Waals surface area (Å²) in [5, 5.41) is 2.44. The summed E-state index contributed by atoms with van der Waals surface area (Å²) in [5.41, 5.74) is 1.62. The second-order valence-corrected chi connectivity index (χ2v) is 1.96. The van der Waals surface area contributed by atoms with E-state index in [-0.39, 0.29) is 6.54 Å². The molecule has 0 aliphatic rings. The number of carbonyl (C=O) groups excluding carboxylic acids is 1. The summed E-state index contributed by atoms with van der Waals surface area (Å²) in [6, 6.07) is 0. The van der Waals surface area contributed by atoms with Crippen LogP contribution in [0.4, 0.5) is 13.2 Å². The highest BCUT2D eigenvalue weighted by Gasteiger charge is 2.28. The summed E-state index contributed by atoms with van der Waals surface area (Å²) in [6.07, 6.45) is -4.42. The number of hydroxylamine groups is 1. The average molecular weight is 186 g/mol. The molecule has 0 aromatic carbocycles. The van der Waals surface area contributed by atoms with Gasteiger partial charge in [0.05, 0.1) is 6.54 Å². The van der Waals surface area contributed by atoms with Gasteiger partial charge in [-0.05, 0) is 7.05 Å². The van der Waals surface area contributed by atoms with E-state index in [4.69, 9.17) is 0 Å². The molecule has 0 aliphatic heterocycles. The molecule has 0 fully saturated rings. The monoisotopic (exact) mass is 186 g/mol. The smallest absolute Gasteiger partial charge is 0.311 e. The van der Waals surface area contributed by atoms with Gasteiger partial charge in [-0.1, -0.05) is 0 Å². The van der Waals surface area contributed by atoms with Gasteiger partial charge in [0.1, 0.15) is 0 Å². The molecule has 7 heteroatoms. The first-order chi connectivity index (χ1) is 5.45.